The molecule has 0 fully saturated rings. The maximum Gasteiger partial charge on any atom is 0.252 e. The molecule has 4 rings (SSSR count). The van der Waals surface area contributed by atoms with Crippen molar-refractivity contribution in [1.29, 1.82) is 0 Å². The van der Waals surface area contributed by atoms with Crippen LogP contribution in [0.15, 0.2) is 65.4 Å². The molecule has 4 aromatic rings. The van der Waals surface area contributed by atoms with E-state index in [9.17, 15) is 9.18 Å². The molecule has 0 spiro atoms. The van der Waals surface area contributed by atoms with Crippen molar-refractivity contribution >= 4 is 5.91 Å². The minimum atomic E-state index is -0.529. The monoisotopic (exact) mass is 434 g/mol. The van der Waals surface area contributed by atoms with Crippen LogP contribution in [-0.2, 0) is 13.7 Å². The van der Waals surface area contributed by atoms with E-state index in [0.717, 1.165) is 22.6 Å². The van der Waals surface area contributed by atoms with Crippen molar-refractivity contribution in [3.8, 4) is 5.75 Å². The lowest BCUT2D eigenvalue weighted by atomic mass is 10.1. The molecule has 0 aliphatic carbocycles. The third-order valence-electron chi connectivity index (χ3n) is 5.28. The van der Waals surface area contributed by atoms with Gasteiger partial charge in [-0.3, -0.25) is 4.79 Å². The highest BCUT2D eigenvalue weighted by atomic mass is 19.1. The summed E-state index contributed by atoms with van der Waals surface area (Å²) in [7, 11) is 1.84. The molecule has 0 bridgehead atoms. The lowest BCUT2D eigenvalue weighted by Crippen LogP contribution is -2.31. The zero-order valence-electron chi connectivity index (χ0n) is 18.0. The Morgan fingerprint density at radius 1 is 1.16 bits per heavy atom. The van der Waals surface area contributed by atoms with E-state index in [-0.39, 0.29) is 11.7 Å². The molecule has 2 heterocycles. The van der Waals surface area contributed by atoms with Crippen LogP contribution in [0.25, 0.3) is 0 Å². The fourth-order valence-electron chi connectivity index (χ4n) is 3.39. The van der Waals surface area contributed by atoms with Crippen LogP contribution in [0.4, 0.5) is 4.39 Å². The van der Waals surface area contributed by atoms with E-state index in [1.807, 2.05) is 25.5 Å². The van der Waals surface area contributed by atoms with Crippen molar-refractivity contribution < 1.29 is 18.4 Å². The summed E-state index contributed by atoms with van der Waals surface area (Å²) >= 11 is 0. The van der Waals surface area contributed by atoms with E-state index in [2.05, 4.69) is 15.5 Å². The van der Waals surface area contributed by atoms with E-state index in [4.69, 9.17) is 9.26 Å². The molecule has 0 radical (unpaired) electrons. The number of ether oxygens (including phenoxy) is 1. The summed E-state index contributed by atoms with van der Waals surface area (Å²) in [6, 6.07) is 12.3. The third kappa shape index (κ3) is 4.54. The minimum Gasteiger partial charge on any atom is -0.489 e. The Morgan fingerprint density at radius 2 is 1.88 bits per heavy atom. The maximum atomic E-state index is 13.4. The van der Waals surface area contributed by atoms with Gasteiger partial charge in [-0.25, -0.2) is 9.37 Å². The molecule has 1 amide bonds. The number of nitrogens with one attached hydrogen (secondary N) is 1. The van der Waals surface area contributed by atoms with Crippen molar-refractivity contribution in [3.05, 3.63) is 101 Å². The van der Waals surface area contributed by atoms with Crippen molar-refractivity contribution in [2.24, 2.45) is 7.05 Å². The molecule has 164 valence electrons. The number of hydrogen-bond donors (Lipinski definition) is 1. The second-order valence-electron chi connectivity index (χ2n) is 7.47. The summed E-state index contributed by atoms with van der Waals surface area (Å²) < 4.78 is 26.2. The summed E-state index contributed by atoms with van der Waals surface area (Å²) in [5, 5.41) is 6.91. The first-order valence-electron chi connectivity index (χ1n) is 10.1. The van der Waals surface area contributed by atoms with Gasteiger partial charge in [0.15, 0.2) is 0 Å². The number of nitrogens with zero attached hydrogens (tertiary/aromatic N) is 3. The van der Waals surface area contributed by atoms with Crippen LogP contribution in [0.1, 0.15) is 44.8 Å². The zero-order valence-corrected chi connectivity index (χ0v) is 18.0. The Balaban J connectivity index is 1.48. The molecule has 32 heavy (non-hydrogen) atoms. The Morgan fingerprint density at radius 3 is 2.47 bits per heavy atom. The van der Waals surface area contributed by atoms with Crippen LogP contribution in [0.2, 0.25) is 0 Å². The average Bonchev–Trinajstić information content (AvgIpc) is 3.36. The number of carbonyl (C=O) groups excluding carboxylic acids is 1. The van der Waals surface area contributed by atoms with E-state index < -0.39 is 6.04 Å². The number of benzene rings is 2. The summed E-state index contributed by atoms with van der Waals surface area (Å²) in [4.78, 5) is 17.3. The molecule has 0 saturated heterocycles. The third-order valence-corrected chi connectivity index (χ3v) is 5.28. The van der Waals surface area contributed by atoms with Gasteiger partial charge >= 0.3 is 0 Å². The number of aryl methyl sites for hydroxylation is 3. The van der Waals surface area contributed by atoms with Gasteiger partial charge in [0.2, 0.25) is 0 Å². The van der Waals surface area contributed by atoms with Crippen LogP contribution in [0.5, 0.6) is 5.75 Å². The van der Waals surface area contributed by atoms with Crippen LogP contribution >= 0.6 is 0 Å². The van der Waals surface area contributed by atoms with Crippen LogP contribution in [-0.4, -0.2) is 20.6 Å². The van der Waals surface area contributed by atoms with Gasteiger partial charge in [0.1, 0.15) is 35.8 Å². The van der Waals surface area contributed by atoms with E-state index in [1.165, 1.54) is 12.1 Å². The first-order chi connectivity index (χ1) is 15.4. The van der Waals surface area contributed by atoms with Crippen LogP contribution in [0.3, 0.4) is 0 Å². The molecule has 0 saturated carbocycles. The van der Waals surface area contributed by atoms with Gasteiger partial charge < -0.3 is 19.1 Å². The lowest BCUT2D eigenvalue weighted by Gasteiger charge is -2.19. The van der Waals surface area contributed by atoms with E-state index >= 15 is 0 Å². The molecule has 1 atom stereocenters. The topological polar surface area (TPSA) is 82.2 Å². The molecule has 0 aliphatic rings. The largest absolute Gasteiger partial charge is 0.489 e. The predicted octanol–water partition coefficient (Wildman–Crippen LogP) is 4.26. The van der Waals surface area contributed by atoms with Gasteiger partial charge in [-0.2, -0.15) is 0 Å². The average molecular weight is 434 g/mol. The number of halogens is 1. The lowest BCUT2D eigenvalue weighted by molar-refractivity contribution is 0.0941. The molecular formula is C24H23FN4O3. The molecule has 7 nitrogen and oxygen atoms in total. The van der Waals surface area contributed by atoms with Gasteiger partial charge in [-0.05, 0) is 55.8 Å². The minimum absolute atomic E-state index is 0.278. The first-order valence-corrected chi connectivity index (χ1v) is 10.1. The molecular weight excluding hydrogens is 411 g/mol. The number of imidazole rings is 1. The van der Waals surface area contributed by atoms with Gasteiger partial charge in [0.25, 0.3) is 5.91 Å². The summed E-state index contributed by atoms with van der Waals surface area (Å²) in [5.41, 5.74) is 2.90. The fourth-order valence-corrected chi connectivity index (χ4v) is 3.39. The van der Waals surface area contributed by atoms with Gasteiger partial charge in [-0.1, -0.05) is 17.3 Å². The van der Waals surface area contributed by atoms with E-state index in [0.29, 0.717) is 23.7 Å². The maximum absolute atomic E-state index is 13.4. The number of rotatable bonds is 7. The van der Waals surface area contributed by atoms with E-state index in [1.54, 1.807) is 48.8 Å². The van der Waals surface area contributed by atoms with Crippen LogP contribution in [0, 0.1) is 19.7 Å². The highest BCUT2D eigenvalue weighted by Gasteiger charge is 2.21. The molecule has 1 N–H and O–H groups in total. The van der Waals surface area contributed by atoms with Crippen molar-refractivity contribution in [2.45, 2.75) is 26.5 Å². The Bertz CT molecular complexity index is 1190. The van der Waals surface area contributed by atoms with Gasteiger partial charge in [0.05, 0.1) is 11.3 Å². The van der Waals surface area contributed by atoms with Gasteiger partial charge in [0, 0.05) is 25.0 Å². The predicted molar refractivity (Wildman–Crippen MR) is 116 cm³/mol. The summed E-state index contributed by atoms with van der Waals surface area (Å²) in [5.74, 6) is 1.37. The Labute approximate surface area is 184 Å². The Hall–Kier alpha value is -3.94. The molecule has 0 aliphatic heterocycles. The van der Waals surface area contributed by atoms with Crippen molar-refractivity contribution in [1.82, 2.24) is 20.0 Å². The highest BCUT2D eigenvalue weighted by Crippen LogP contribution is 2.22. The second-order valence-corrected chi connectivity index (χ2v) is 7.47. The summed E-state index contributed by atoms with van der Waals surface area (Å²) in [6.45, 7) is 4.03. The van der Waals surface area contributed by atoms with Crippen molar-refractivity contribution in [3.63, 3.8) is 0 Å². The number of carbonyl (C=O) groups is 1. The number of aromatic nitrogens is 3. The first kappa shape index (κ1) is 21.3. The molecule has 1 unspecified atom stereocenters. The standard InChI is InChI=1S/C24H23FN4O3/c1-15-21(16(2)32-28-15)14-31-20-10-6-18(7-11-20)24(30)27-22(23-26-12-13-29(23)3)17-4-8-19(25)9-5-17/h4-13,22H,14H2,1-3H3,(H,27,30). The quantitative estimate of drug-likeness (QED) is 0.470. The highest BCUT2D eigenvalue weighted by molar-refractivity contribution is 5.94. The molecule has 2 aromatic carbocycles. The second kappa shape index (κ2) is 9.05. The fraction of sp³-hybridized carbons (Fsp3) is 0.208. The summed E-state index contributed by atoms with van der Waals surface area (Å²) in [6.07, 6.45) is 3.45. The normalized spacial score (nSPS) is 11.9. The SMILES string of the molecule is Cc1noc(C)c1COc1ccc(C(=O)NC(c2ccc(F)cc2)c2nccn2C)cc1. The molecule has 8 heteroatoms. The van der Waals surface area contributed by atoms with Crippen LogP contribution < -0.4 is 10.1 Å². The molecule has 2 aromatic heterocycles. The number of hydrogen-bond acceptors (Lipinski definition) is 5. The number of amides is 1. The van der Waals surface area contributed by atoms with Gasteiger partial charge in [-0.15, -0.1) is 0 Å². The van der Waals surface area contributed by atoms with Crippen molar-refractivity contribution in [2.75, 3.05) is 0 Å². The Kier molecular flexibility index (Phi) is 6.02. The smallest absolute Gasteiger partial charge is 0.252 e. The zero-order chi connectivity index (χ0) is 22.7.